The monoisotopic (exact) mass is 243 g/mol. The van der Waals surface area contributed by atoms with Gasteiger partial charge in [0.25, 0.3) is 5.91 Å². The molecular formula is C12H9N3OS. The molecule has 0 spiro atoms. The van der Waals surface area contributed by atoms with E-state index in [0.29, 0.717) is 10.8 Å². The number of carbonyl (C=O) groups excluding carboxylic acids is 1. The minimum Gasteiger partial charge on any atom is -0.357 e. The van der Waals surface area contributed by atoms with Crippen LogP contribution in [0.3, 0.4) is 0 Å². The van der Waals surface area contributed by atoms with E-state index < -0.39 is 0 Å². The van der Waals surface area contributed by atoms with Gasteiger partial charge in [-0.15, -0.1) is 0 Å². The van der Waals surface area contributed by atoms with Crippen LogP contribution >= 0.6 is 11.3 Å². The number of anilines is 1. The second-order valence-corrected chi connectivity index (χ2v) is 4.56. The van der Waals surface area contributed by atoms with Gasteiger partial charge in [-0.3, -0.25) is 10.1 Å². The lowest BCUT2D eigenvalue weighted by Gasteiger charge is -1.97. The zero-order valence-electron chi connectivity index (χ0n) is 8.81. The molecule has 0 radical (unpaired) electrons. The summed E-state index contributed by atoms with van der Waals surface area (Å²) in [6.07, 6.45) is 1.72. The van der Waals surface area contributed by atoms with Gasteiger partial charge in [-0.2, -0.15) is 0 Å². The Balaban J connectivity index is 1.88. The fourth-order valence-corrected chi connectivity index (χ4v) is 2.42. The van der Waals surface area contributed by atoms with E-state index in [1.54, 1.807) is 18.3 Å². The first-order valence-corrected chi connectivity index (χ1v) is 5.95. The molecular weight excluding hydrogens is 234 g/mol. The second kappa shape index (κ2) is 4.03. The number of rotatable bonds is 2. The Kier molecular flexibility index (Phi) is 2.38. The molecule has 0 aliphatic carbocycles. The van der Waals surface area contributed by atoms with Crippen LogP contribution in [0, 0.1) is 0 Å². The maximum atomic E-state index is 11.8. The third-order valence-corrected chi connectivity index (χ3v) is 3.31. The first-order valence-electron chi connectivity index (χ1n) is 5.13. The quantitative estimate of drug-likeness (QED) is 0.727. The van der Waals surface area contributed by atoms with Gasteiger partial charge in [0, 0.05) is 6.20 Å². The van der Waals surface area contributed by atoms with Crippen LogP contribution in [0.15, 0.2) is 42.6 Å². The van der Waals surface area contributed by atoms with E-state index >= 15 is 0 Å². The maximum absolute atomic E-state index is 11.8. The minimum absolute atomic E-state index is 0.172. The average molecular weight is 243 g/mol. The van der Waals surface area contributed by atoms with Crippen molar-refractivity contribution in [3.63, 3.8) is 0 Å². The lowest BCUT2D eigenvalue weighted by molar-refractivity contribution is 0.102. The van der Waals surface area contributed by atoms with Crippen LogP contribution in [-0.4, -0.2) is 15.9 Å². The number of nitrogens with one attached hydrogen (secondary N) is 2. The fourth-order valence-electron chi connectivity index (χ4n) is 1.56. The van der Waals surface area contributed by atoms with E-state index in [9.17, 15) is 4.79 Å². The molecule has 0 aliphatic rings. The Bertz CT molecular complexity index is 624. The van der Waals surface area contributed by atoms with Crippen molar-refractivity contribution in [2.45, 2.75) is 0 Å². The summed E-state index contributed by atoms with van der Waals surface area (Å²) >= 11 is 1.47. The Morgan fingerprint density at radius 1 is 1.24 bits per heavy atom. The van der Waals surface area contributed by atoms with Crippen LogP contribution in [-0.2, 0) is 0 Å². The Hall–Kier alpha value is -2.14. The highest BCUT2D eigenvalue weighted by Crippen LogP contribution is 2.25. The summed E-state index contributed by atoms with van der Waals surface area (Å²) in [6.45, 7) is 0. The molecule has 0 saturated carbocycles. The van der Waals surface area contributed by atoms with E-state index in [0.717, 1.165) is 10.2 Å². The molecule has 0 fully saturated rings. The molecule has 1 aromatic carbocycles. The Labute approximate surface area is 101 Å². The molecule has 17 heavy (non-hydrogen) atoms. The van der Waals surface area contributed by atoms with Crippen molar-refractivity contribution in [2.24, 2.45) is 0 Å². The van der Waals surface area contributed by atoms with Gasteiger partial charge in [0.15, 0.2) is 5.13 Å². The smallest absolute Gasteiger partial charge is 0.273 e. The standard InChI is InChI=1S/C12H9N3OS/c16-11(9-5-3-7-13-9)15-12-14-8-4-1-2-6-10(8)17-12/h1-7,13H,(H,14,15,16). The molecule has 2 aromatic heterocycles. The van der Waals surface area contributed by atoms with Crippen molar-refractivity contribution in [3.8, 4) is 0 Å². The highest BCUT2D eigenvalue weighted by Gasteiger charge is 2.09. The summed E-state index contributed by atoms with van der Waals surface area (Å²) in [6, 6.07) is 11.3. The summed E-state index contributed by atoms with van der Waals surface area (Å²) in [5, 5.41) is 3.39. The van der Waals surface area contributed by atoms with Gasteiger partial charge in [0.1, 0.15) is 5.69 Å². The van der Waals surface area contributed by atoms with E-state index in [-0.39, 0.29) is 5.91 Å². The molecule has 4 nitrogen and oxygen atoms in total. The third-order valence-electron chi connectivity index (χ3n) is 2.36. The molecule has 0 saturated heterocycles. The van der Waals surface area contributed by atoms with Crippen LogP contribution in [0.4, 0.5) is 5.13 Å². The van der Waals surface area contributed by atoms with Gasteiger partial charge in [0.05, 0.1) is 10.2 Å². The summed E-state index contributed by atoms with van der Waals surface area (Å²) in [5.41, 5.74) is 1.43. The predicted molar refractivity (Wildman–Crippen MR) is 68.4 cm³/mol. The number of carbonyl (C=O) groups is 1. The van der Waals surface area contributed by atoms with Crippen LogP contribution < -0.4 is 5.32 Å². The Morgan fingerprint density at radius 2 is 2.12 bits per heavy atom. The van der Waals surface area contributed by atoms with Crippen LogP contribution in [0.2, 0.25) is 0 Å². The number of hydrogen-bond acceptors (Lipinski definition) is 3. The van der Waals surface area contributed by atoms with E-state index in [4.69, 9.17) is 0 Å². The van der Waals surface area contributed by atoms with Gasteiger partial charge in [-0.05, 0) is 24.3 Å². The number of para-hydroxylation sites is 1. The van der Waals surface area contributed by atoms with Gasteiger partial charge in [0.2, 0.25) is 0 Å². The lowest BCUT2D eigenvalue weighted by atomic mass is 10.3. The number of thiazole rings is 1. The minimum atomic E-state index is -0.172. The van der Waals surface area contributed by atoms with Gasteiger partial charge in [-0.25, -0.2) is 4.98 Å². The summed E-state index contributed by atoms with van der Waals surface area (Å²) in [7, 11) is 0. The van der Waals surface area contributed by atoms with Crippen molar-refractivity contribution in [1.29, 1.82) is 0 Å². The second-order valence-electron chi connectivity index (χ2n) is 3.52. The van der Waals surface area contributed by atoms with E-state index in [2.05, 4.69) is 15.3 Å². The molecule has 3 rings (SSSR count). The zero-order valence-corrected chi connectivity index (χ0v) is 9.62. The van der Waals surface area contributed by atoms with Crippen LogP contribution in [0.5, 0.6) is 0 Å². The van der Waals surface area contributed by atoms with Crippen molar-refractivity contribution in [3.05, 3.63) is 48.3 Å². The molecule has 1 amide bonds. The summed E-state index contributed by atoms with van der Waals surface area (Å²) in [5.74, 6) is -0.172. The highest BCUT2D eigenvalue weighted by molar-refractivity contribution is 7.22. The first-order chi connectivity index (χ1) is 8.33. The Morgan fingerprint density at radius 3 is 2.88 bits per heavy atom. The summed E-state index contributed by atoms with van der Waals surface area (Å²) in [4.78, 5) is 19.0. The number of aromatic nitrogens is 2. The number of benzene rings is 1. The maximum Gasteiger partial charge on any atom is 0.273 e. The van der Waals surface area contributed by atoms with Crippen LogP contribution in [0.1, 0.15) is 10.5 Å². The molecule has 3 aromatic rings. The molecule has 0 aliphatic heterocycles. The number of H-pyrrole nitrogens is 1. The molecule has 0 bridgehead atoms. The molecule has 0 atom stereocenters. The first kappa shape index (κ1) is 10.0. The number of nitrogens with zero attached hydrogens (tertiary/aromatic N) is 1. The number of aromatic amines is 1. The summed E-state index contributed by atoms with van der Waals surface area (Å²) < 4.78 is 1.06. The largest absolute Gasteiger partial charge is 0.357 e. The van der Waals surface area contributed by atoms with Crippen molar-refractivity contribution >= 4 is 32.6 Å². The van der Waals surface area contributed by atoms with Gasteiger partial charge >= 0.3 is 0 Å². The van der Waals surface area contributed by atoms with Crippen molar-refractivity contribution in [1.82, 2.24) is 9.97 Å². The third kappa shape index (κ3) is 1.92. The van der Waals surface area contributed by atoms with E-state index in [1.807, 2.05) is 24.3 Å². The lowest BCUT2D eigenvalue weighted by Crippen LogP contribution is -2.11. The molecule has 2 heterocycles. The number of amides is 1. The average Bonchev–Trinajstić information content (AvgIpc) is 2.97. The normalized spacial score (nSPS) is 10.6. The van der Waals surface area contributed by atoms with Crippen molar-refractivity contribution in [2.75, 3.05) is 5.32 Å². The number of fused-ring (bicyclic) bond motifs is 1. The van der Waals surface area contributed by atoms with Crippen LogP contribution in [0.25, 0.3) is 10.2 Å². The number of hydrogen-bond donors (Lipinski definition) is 2. The molecule has 2 N–H and O–H groups in total. The highest BCUT2D eigenvalue weighted by atomic mass is 32.1. The zero-order chi connectivity index (χ0) is 11.7. The topological polar surface area (TPSA) is 57.8 Å². The van der Waals surface area contributed by atoms with Gasteiger partial charge in [-0.1, -0.05) is 23.5 Å². The van der Waals surface area contributed by atoms with Crippen molar-refractivity contribution < 1.29 is 4.79 Å². The molecule has 84 valence electrons. The predicted octanol–water partition coefficient (Wildman–Crippen LogP) is 2.88. The molecule has 0 unspecified atom stereocenters. The molecule has 5 heteroatoms. The SMILES string of the molecule is O=C(Nc1nc2ccccc2s1)c1ccc[nH]1. The van der Waals surface area contributed by atoms with E-state index in [1.165, 1.54) is 11.3 Å². The fraction of sp³-hybridized carbons (Fsp3) is 0. The van der Waals surface area contributed by atoms with Gasteiger partial charge < -0.3 is 4.98 Å².